The van der Waals surface area contributed by atoms with Gasteiger partial charge in [-0.25, -0.2) is 8.78 Å². The normalized spacial score (nSPS) is 10.7. The topological polar surface area (TPSA) is 76.0 Å². The van der Waals surface area contributed by atoms with E-state index in [2.05, 4.69) is 0 Å². The Kier molecular flexibility index (Phi) is 3.35. The van der Waals surface area contributed by atoms with Crippen LogP contribution < -0.4 is 5.56 Å². The van der Waals surface area contributed by atoms with E-state index in [1.807, 2.05) is 4.98 Å². The van der Waals surface area contributed by atoms with E-state index in [9.17, 15) is 23.7 Å². The minimum absolute atomic E-state index is 0.459. The van der Waals surface area contributed by atoms with Crippen LogP contribution in [-0.4, -0.2) is 9.91 Å². The third-order valence-electron chi connectivity index (χ3n) is 1.74. The molecule has 1 aromatic rings. The van der Waals surface area contributed by atoms with Crippen molar-refractivity contribution in [2.45, 2.75) is 12.3 Å². The molecule has 0 amide bonds. The summed E-state index contributed by atoms with van der Waals surface area (Å²) in [5, 5.41) is 10.5. The number of rotatable bonds is 3. The minimum atomic E-state index is -3.04. The van der Waals surface area contributed by atoms with Gasteiger partial charge in [0.1, 0.15) is 11.1 Å². The number of aromatic amines is 1. The van der Waals surface area contributed by atoms with Crippen molar-refractivity contribution in [3.63, 3.8) is 0 Å². The fraction of sp³-hybridized carbons (Fsp3) is 0.286. The zero-order valence-electron chi connectivity index (χ0n) is 7.17. The molecule has 0 fully saturated rings. The van der Waals surface area contributed by atoms with E-state index in [0.717, 1.165) is 0 Å². The van der Waals surface area contributed by atoms with Gasteiger partial charge in [-0.1, -0.05) is 0 Å². The zero-order chi connectivity index (χ0) is 11.6. The number of nitrogens with zero attached hydrogens (tertiary/aromatic N) is 1. The number of H-pyrrole nitrogens is 1. The Labute approximate surface area is 86.8 Å². The van der Waals surface area contributed by atoms with Gasteiger partial charge in [0.2, 0.25) is 0 Å². The van der Waals surface area contributed by atoms with Crippen LogP contribution in [0.15, 0.2) is 11.0 Å². The third kappa shape index (κ3) is 2.12. The predicted octanol–water partition coefficient (Wildman–Crippen LogP) is 1.96. The quantitative estimate of drug-likeness (QED) is 0.497. The van der Waals surface area contributed by atoms with Crippen LogP contribution in [0, 0.1) is 10.1 Å². The van der Waals surface area contributed by atoms with E-state index in [4.69, 9.17) is 11.6 Å². The monoisotopic (exact) mass is 238 g/mol. The largest absolute Gasteiger partial charge is 0.328 e. The number of aromatic nitrogens is 1. The maximum atomic E-state index is 12.4. The summed E-state index contributed by atoms with van der Waals surface area (Å²) in [5.74, 6) is -0.494. The van der Waals surface area contributed by atoms with Crippen molar-refractivity contribution in [2.24, 2.45) is 0 Å². The lowest BCUT2D eigenvalue weighted by molar-refractivity contribution is -0.387. The molecule has 0 bridgehead atoms. The molecule has 1 heterocycles. The molecule has 0 saturated carbocycles. The van der Waals surface area contributed by atoms with Crippen LogP contribution in [0.3, 0.4) is 0 Å². The Morgan fingerprint density at radius 2 is 2.20 bits per heavy atom. The number of hydrogen-bond acceptors (Lipinski definition) is 3. The summed E-state index contributed by atoms with van der Waals surface area (Å²) in [4.78, 5) is 22.5. The Morgan fingerprint density at radius 3 is 2.60 bits per heavy atom. The highest BCUT2D eigenvalue weighted by molar-refractivity contribution is 6.17. The second-order valence-electron chi connectivity index (χ2n) is 2.59. The molecule has 0 unspecified atom stereocenters. The van der Waals surface area contributed by atoms with E-state index in [1.54, 1.807) is 0 Å². The predicted molar refractivity (Wildman–Crippen MR) is 48.2 cm³/mol. The Balaban J connectivity index is 3.56. The van der Waals surface area contributed by atoms with Gasteiger partial charge in [-0.2, -0.15) is 0 Å². The minimum Gasteiger partial charge on any atom is -0.328 e. The van der Waals surface area contributed by atoms with E-state index in [0.29, 0.717) is 6.20 Å². The highest BCUT2D eigenvalue weighted by atomic mass is 35.5. The molecule has 15 heavy (non-hydrogen) atoms. The second kappa shape index (κ2) is 4.35. The molecule has 0 aliphatic rings. The molecule has 0 aliphatic heterocycles. The van der Waals surface area contributed by atoms with Crippen molar-refractivity contribution in [1.29, 1.82) is 0 Å². The number of halogens is 3. The summed E-state index contributed by atoms with van der Waals surface area (Å²) < 4.78 is 24.7. The van der Waals surface area contributed by atoms with Gasteiger partial charge < -0.3 is 4.98 Å². The lowest BCUT2D eigenvalue weighted by atomic mass is 10.1. The number of alkyl halides is 3. The molecular formula is C7H5ClF2N2O3. The van der Waals surface area contributed by atoms with Crippen molar-refractivity contribution in [1.82, 2.24) is 4.98 Å². The lowest BCUT2D eigenvalue weighted by Gasteiger charge is -2.03. The highest BCUT2D eigenvalue weighted by Gasteiger charge is 2.27. The molecule has 1 rings (SSSR count). The molecule has 0 aliphatic carbocycles. The summed E-state index contributed by atoms with van der Waals surface area (Å²) in [6, 6.07) is 0. The Hall–Kier alpha value is -1.50. The van der Waals surface area contributed by atoms with Gasteiger partial charge in [-0.15, -0.1) is 11.6 Å². The number of nitro groups is 1. The number of nitrogens with one attached hydrogen (secondary N) is 1. The van der Waals surface area contributed by atoms with Crippen molar-refractivity contribution < 1.29 is 13.7 Å². The number of pyridine rings is 1. The fourth-order valence-electron chi connectivity index (χ4n) is 1.09. The van der Waals surface area contributed by atoms with Crippen molar-refractivity contribution in [2.75, 3.05) is 0 Å². The van der Waals surface area contributed by atoms with Crippen molar-refractivity contribution in [3.8, 4) is 0 Å². The summed E-state index contributed by atoms with van der Waals surface area (Å²) in [5.41, 5.74) is -3.04. The molecule has 0 radical (unpaired) electrons. The first-order chi connectivity index (χ1) is 6.99. The molecule has 8 heteroatoms. The van der Waals surface area contributed by atoms with Crippen molar-refractivity contribution in [3.05, 3.63) is 37.8 Å². The smallest absolute Gasteiger partial charge is 0.289 e. The van der Waals surface area contributed by atoms with Gasteiger partial charge in [0.25, 0.3) is 17.7 Å². The third-order valence-corrected chi connectivity index (χ3v) is 2.01. The highest BCUT2D eigenvalue weighted by Crippen LogP contribution is 2.29. The van der Waals surface area contributed by atoms with E-state index < -0.39 is 39.6 Å². The second-order valence-corrected chi connectivity index (χ2v) is 2.86. The lowest BCUT2D eigenvalue weighted by Crippen LogP contribution is -2.15. The van der Waals surface area contributed by atoms with Crippen LogP contribution in [0.5, 0.6) is 0 Å². The zero-order valence-corrected chi connectivity index (χ0v) is 7.92. The first kappa shape index (κ1) is 11.6. The van der Waals surface area contributed by atoms with Crippen LogP contribution in [0.25, 0.3) is 0 Å². The average molecular weight is 239 g/mol. The van der Waals surface area contributed by atoms with Crippen LogP contribution >= 0.6 is 11.6 Å². The van der Waals surface area contributed by atoms with Gasteiger partial charge in [0.15, 0.2) is 0 Å². The molecule has 0 spiro atoms. The molecular weight excluding hydrogens is 234 g/mol. The summed E-state index contributed by atoms with van der Waals surface area (Å²) in [7, 11) is 0. The molecule has 1 aromatic heterocycles. The molecule has 1 N–H and O–H groups in total. The van der Waals surface area contributed by atoms with Gasteiger partial charge in [-0.05, 0) is 0 Å². The van der Waals surface area contributed by atoms with E-state index in [1.165, 1.54) is 0 Å². The van der Waals surface area contributed by atoms with Crippen LogP contribution in [0.2, 0.25) is 0 Å². The SMILES string of the molecule is O=c1[nH]cc(C(F)F)c([N+](=O)[O-])c1CCl. The summed E-state index contributed by atoms with van der Waals surface area (Å²) >= 11 is 5.29. The van der Waals surface area contributed by atoms with Crippen LogP contribution in [0.4, 0.5) is 14.5 Å². The maximum absolute atomic E-state index is 12.4. The fourth-order valence-corrected chi connectivity index (χ4v) is 1.33. The average Bonchev–Trinajstić information content (AvgIpc) is 2.16. The first-order valence-corrected chi connectivity index (χ1v) is 4.25. The summed E-state index contributed by atoms with van der Waals surface area (Å²) in [6.07, 6.45) is -2.41. The molecule has 0 atom stereocenters. The van der Waals surface area contributed by atoms with E-state index >= 15 is 0 Å². The molecule has 5 nitrogen and oxygen atoms in total. The van der Waals surface area contributed by atoms with Gasteiger partial charge >= 0.3 is 0 Å². The van der Waals surface area contributed by atoms with Crippen LogP contribution in [-0.2, 0) is 5.88 Å². The molecule has 82 valence electrons. The summed E-state index contributed by atoms with van der Waals surface area (Å²) in [6.45, 7) is 0. The van der Waals surface area contributed by atoms with Gasteiger partial charge in [-0.3, -0.25) is 14.9 Å². The van der Waals surface area contributed by atoms with Gasteiger partial charge in [0.05, 0.1) is 10.8 Å². The first-order valence-electron chi connectivity index (χ1n) is 3.72. The standard InChI is InChI=1S/C7H5ClF2N2O3/c8-1-3-5(12(14)15)4(6(9)10)2-11-7(3)13/h2,6H,1H2,(H,11,13). The number of hydrogen-bond donors (Lipinski definition) is 1. The Bertz CT molecular complexity index is 446. The van der Waals surface area contributed by atoms with E-state index in [-0.39, 0.29) is 0 Å². The molecule has 0 aromatic carbocycles. The van der Waals surface area contributed by atoms with Gasteiger partial charge in [0, 0.05) is 6.20 Å². The molecule has 0 saturated heterocycles. The van der Waals surface area contributed by atoms with Crippen LogP contribution in [0.1, 0.15) is 17.6 Å². The Morgan fingerprint density at radius 1 is 1.60 bits per heavy atom. The maximum Gasteiger partial charge on any atom is 0.289 e. The van der Waals surface area contributed by atoms with Crippen molar-refractivity contribution >= 4 is 17.3 Å².